The molecule has 0 aromatic heterocycles. The molecule has 1 aromatic rings. The maximum Gasteiger partial charge on any atom is 0.187 e. The van der Waals surface area contributed by atoms with Crippen molar-refractivity contribution in [3.63, 3.8) is 0 Å². The number of phenolic OH excluding ortho intramolecular Hbond substituents is 1. The minimum atomic E-state index is -0.966. The standard InChI is InChI=1S/C13H17F2NO2/c14-10-5-9(6-11(15)12(10)17)7-16-8-13(18)3-1-2-4-13/h5-6,16-18H,1-4,7-8H2. The number of benzene rings is 1. The minimum absolute atomic E-state index is 0.260. The van der Waals surface area contributed by atoms with Gasteiger partial charge in [0.05, 0.1) is 5.60 Å². The molecule has 3 N–H and O–H groups in total. The van der Waals surface area contributed by atoms with E-state index in [1.165, 1.54) is 0 Å². The van der Waals surface area contributed by atoms with E-state index in [9.17, 15) is 13.9 Å². The third-order valence-electron chi connectivity index (χ3n) is 3.39. The van der Waals surface area contributed by atoms with Crippen molar-refractivity contribution in [3.8, 4) is 5.75 Å². The molecule has 3 nitrogen and oxygen atoms in total. The van der Waals surface area contributed by atoms with Gasteiger partial charge in [-0.3, -0.25) is 0 Å². The number of halogens is 2. The van der Waals surface area contributed by atoms with Crippen molar-refractivity contribution in [2.45, 2.75) is 37.8 Å². The third kappa shape index (κ3) is 2.97. The van der Waals surface area contributed by atoms with E-state index >= 15 is 0 Å². The Labute approximate surface area is 104 Å². The van der Waals surface area contributed by atoms with Gasteiger partial charge in [-0.2, -0.15) is 0 Å². The maximum atomic E-state index is 13.1. The fraction of sp³-hybridized carbons (Fsp3) is 0.538. The van der Waals surface area contributed by atoms with Crippen LogP contribution in [0.2, 0.25) is 0 Å². The first-order chi connectivity index (χ1) is 8.50. The first-order valence-electron chi connectivity index (χ1n) is 6.10. The SMILES string of the molecule is Oc1c(F)cc(CNCC2(O)CCCC2)cc1F. The molecule has 0 atom stereocenters. The predicted octanol–water partition coefficient (Wildman–Crippen LogP) is 2.07. The lowest BCUT2D eigenvalue weighted by molar-refractivity contribution is 0.0475. The van der Waals surface area contributed by atoms with E-state index in [0.29, 0.717) is 12.1 Å². The number of hydrogen-bond acceptors (Lipinski definition) is 3. The van der Waals surface area contributed by atoms with Gasteiger partial charge in [0.15, 0.2) is 17.4 Å². The summed E-state index contributed by atoms with van der Waals surface area (Å²) in [6, 6.07) is 2.17. The molecule has 0 saturated heterocycles. The minimum Gasteiger partial charge on any atom is -0.503 e. The molecule has 0 heterocycles. The first kappa shape index (κ1) is 13.2. The molecule has 1 aliphatic rings. The van der Waals surface area contributed by atoms with Gasteiger partial charge in [0.1, 0.15) is 0 Å². The van der Waals surface area contributed by atoms with Gasteiger partial charge < -0.3 is 15.5 Å². The number of nitrogens with one attached hydrogen (secondary N) is 1. The Hall–Kier alpha value is -1.20. The van der Waals surface area contributed by atoms with Gasteiger partial charge in [0.2, 0.25) is 0 Å². The molecule has 18 heavy (non-hydrogen) atoms. The zero-order valence-electron chi connectivity index (χ0n) is 10.0. The number of aromatic hydroxyl groups is 1. The quantitative estimate of drug-likeness (QED) is 0.774. The highest BCUT2D eigenvalue weighted by Crippen LogP contribution is 2.28. The van der Waals surface area contributed by atoms with E-state index in [4.69, 9.17) is 5.11 Å². The fourth-order valence-corrected chi connectivity index (χ4v) is 2.37. The predicted molar refractivity (Wildman–Crippen MR) is 63.1 cm³/mol. The van der Waals surface area contributed by atoms with Crippen LogP contribution in [0.15, 0.2) is 12.1 Å². The summed E-state index contributed by atoms with van der Waals surface area (Å²) in [5, 5.41) is 22.0. The van der Waals surface area contributed by atoms with Crippen LogP contribution in [0.5, 0.6) is 5.75 Å². The summed E-state index contributed by atoms with van der Waals surface area (Å²) in [6.07, 6.45) is 3.55. The highest BCUT2D eigenvalue weighted by molar-refractivity contribution is 5.29. The second-order valence-corrected chi connectivity index (χ2v) is 4.94. The fourth-order valence-electron chi connectivity index (χ4n) is 2.37. The van der Waals surface area contributed by atoms with E-state index in [2.05, 4.69) is 5.32 Å². The maximum absolute atomic E-state index is 13.1. The van der Waals surface area contributed by atoms with Crippen molar-refractivity contribution >= 4 is 0 Å². The van der Waals surface area contributed by atoms with Crippen LogP contribution in [0.4, 0.5) is 8.78 Å². The smallest absolute Gasteiger partial charge is 0.187 e. The second kappa shape index (κ2) is 5.20. The van der Waals surface area contributed by atoms with Crippen molar-refractivity contribution < 1.29 is 19.0 Å². The summed E-state index contributed by atoms with van der Waals surface area (Å²) < 4.78 is 26.2. The zero-order valence-corrected chi connectivity index (χ0v) is 10.0. The van der Waals surface area contributed by atoms with Crippen molar-refractivity contribution in [1.82, 2.24) is 5.32 Å². The lowest BCUT2D eigenvalue weighted by atomic mass is 10.0. The van der Waals surface area contributed by atoms with Gasteiger partial charge in [0.25, 0.3) is 0 Å². The van der Waals surface area contributed by atoms with Crippen LogP contribution in [-0.2, 0) is 6.54 Å². The Kier molecular flexibility index (Phi) is 3.82. The van der Waals surface area contributed by atoms with Crippen molar-refractivity contribution in [2.24, 2.45) is 0 Å². The lowest BCUT2D eigenvalue weighted by Gasteiger charge is -2.22. The van der Waals surface area contributed by atoms with Crippen molar-refractivity contribution in [2.75, 3.05) is 6.54 Å². The highest BCUT2D eigenvalue weighted by atomic mass is 19.1. The summed E-state index contributed by atoms with van der Waals surface area (Å²) in [6.45, 7) is 0.674. The van der Waals surface area contributed by atoms with E-state index in [-0.39, 0.29) is 6.54 Å². The monoisotopic (exact) mass is 257 g/mol. The van der Waals surface area contributed by atoms with E-state index in [0.717, 1.165) is 37.8 Å². The third-order valence-corrected chi connectivity index (χ3v) is 3.39. The molecule has 1 saturated carbocycles. The van der Waals surface area contributed by atoms with Gasteiger partial charge in [-0.25, -0.2) is 8.78 Å². The molecule has 5 heteroatoms. The summed E-state index contributed by atoms with van der Waals surface area (Å²) in [5.74, 6) is -2.88. The summed E-state index contributed by atoms with van der Waals surface area (Å²) >= 11 is 0. The Morgan fingerprint density at radius 2 is 1.72 bits per heavy atom. The van der Waals surface area contributed by atoms with Crippen LogP contribution < -0.4 is 5.32 Å². The Morgan fingerprint density at radius 3 is 2.28 bits per heavy atom. The van der Waals surface area contributed by atoms with Crippen LogP contribution in [0.25, 0.3) is 0 Å². The molecule has 2 rings (SSSR count). The number of aliphatic hydroxyl groups is 1. The van der Waals surface area contributed by atoms with Gasteiger partial charge in [-0.05, 0) is 30.5 Å². The second-order valence-electron chi connectivity index (χ2n) is 4.94. The van der Waals surface area contributed by atoms with Gasteiger partial charge in [-0.1, -0.05) is 12.8 Å². The lowest BCUT2D eigenvalue weighted by Crippen LogP contribution is -2.37. The normalized spacial score (nSPS) is 18.2. The molecule has 0 spiro atoms. The Balaban J connectivity index is 1.90. The summed E-state index contributed by atoms with van der Waals surface area (Å²) in [5.41, 5.74) is -0.280. The van der Waals surface area contributed by atoms with Crippen LogP contribution in [-0.4, -0.2) is 22.4 Å². The molecule has 0 radical (unpaired) electrons. The van der Waals surface area contributed by atoms with E-state index in [1.807, 2.05) is 0 Å². The molecule has 0 aliphatic heterocycles. The van der Waals surface area contributed by atoms with E-state index < -0.39 is 23.0 Å². The van der Waals surface area contributed by atoms with Crippen LogP contribution >= 0.6 is 0 Å². The first-order valence-corrected chi connectivity index (χ1v) is 6.10. The summed E-state index contributed by atoms with van der Waals surface area (Å²) in [7, 11) is 0. The number of rotatable bonds is 4. The van der Waals surface area contributed by atoms with Crippen molar-refractivity contribution in [1.29, 1.82) is 0 Å². The van der Waals surface area contributed by atoms with Crippen LogP contribution in [0.3, 0.4) is 0 Å². The molecule has 0 amide bonds. The Morgan fingerprint density at radius 1 is 1.17 bits per heavy atom. The number of hydrogen-bond donors (Lipinski definition) is 3. The molecule has 1 fully saturated rings. The molecule has 1 aliphatic carbocycles. The van der Waals surface area contributed by atoms with Crippen molar-refractivity contribution in [3.05, 3.63) is 29.3 Å². The topological polar surface area (TPSA) is 52.5 Å². The molecule has 0 bridgehead atoms. The Bertz CT molecular complexity index is 408. The van der Waals surface area contributed by atoms with E-state index in [1.54, 1.807) is 0 Å². The van der Waals surface area contributed by atoms with Gasteiger partial charge >= 0.3 is 0 Å². The molecule has 0 unspecified atom stereocenters. The average Bonchev–Trinajstić information content (AvgIpc) is 2.73. The molecular weight excluding hydrogens is 240 g/mol. The largest absolute Gasteiger partial charge is 0.503 e. The van der Waals surface area contributed by atoms with Gasteiger partial charge in [0, 0.05) is 13.1 Å². The zero-order chi connectivity index (χ0) is 13.2. The van der Waals surface area contributed by atoms with Gasteiger partial charge in [-0.15, -0.1) is 0 Å². The number of phenols is 1. The molecular formula is C13H17F2NO2. The average molecular weight is 257 g/mol. The highest BCUT2D eigenvalue weighted by Gasteiger charge is 2.30. The molecule has 1 aromatic carbocycles. The molecule has 100 valence electrons. The van der Waals surface area contributed by atoms with Crippen LogP contribution in [0.1, 0.15) is 31.2 Å². The van der Waals surface area contributed by atoms with Crippen LogP contribution in [0, 0.1) is 11.6 Å². The summed E-state index contributed by atoms with van der Waals surface area (Å²) in [4.78, 5) is 0.